The number of hydrogen-bond acceptors (Lipinski definition) is 8. The molecule has 0 aliphatic rings. The molecule has 0 unspecified atom stereocenters. The molecule has 0 bridgehead atoms. The molecule has 2 heterocycles. The van der Waals surface area contributed by atoms with Crippen LogP contribution in [0.3, 0.4) is 0 Å². The first kappa shape index (κ1) is 22.8. The summed E-state index contributed by atoms with van der Waals surface area (Å²) in [4.78, 5) is 18.8. The van der Waals surface area contributed by atoms with Crippen molar-refractivity contribution >= 4 is 44.3 Å². The van der Waals surface area contributed by atoms with Gasteiger partial charge in [-0.05, 0) is 45.9 Å². The molecule has 0 atom stereocenters. The van der Waals surface area contributed by atoms with Gasteiger partial charge in [0.2, 0.25) is 16.0 Å². The number of aromatic amines is 1. The van der Waals surface area contributed by atoms with Crippen molar-refractivity contribution in [1.29, 1.82) is 0 Å². The van der Waals surface area contributed by atoms with Gasteiger partial charge in [0.25, 0.3) is 0 Å². The van der Waals surface area contributed by atoms with Crippen LogP contribution in [0.5, 0.6) is 0 Å². The first-order chi connectivity index (χ1) is 14.6. The second-order valence-corrected chi connectivity index (χ2v) is 9.68. The number of aromatic nitrogens is 4. The lowest BCUT2D eigenvalue weighted by Gasteiger charge is -2.30. The molecule has 2 aromatic heterocycles. The van der Waals surface area contributed by atoms with E-state index in [-0.39, 0.29) is 0 Å². The number of fused-ring (bicyclic) bond motifs is 1. The van der Waals surface area contributed by atoms with Crippen molar-refractivity contribution in [2.24, 2.45) is 0 Å². The second kappa shape index (κ2) is 9.48. The quantitative estimate of drug-likeness (QED) is 0.374. The second-order valence-electron chi connectivity index (χ2n) is 7.93. The molecule has 10 nitrogen and oxygen atoms in total. The van der Waals surface area contributed by atoms with Crippen LogP contribution in [0.1, 0.15) is 27.7 Å². The highest BCUT2D eigenvalue weighted by Crippen LogP contribution is 2.23. The normalized spacial score (nSPS) is 12.1. The molecular weight excluding hydrogens is 416 g/mol. The van der Waals surface area contributed by atoms with Gasteiger partial charge in [0, 0.05) is 30.9 Å². The zero-order chi connectivity index (χ0) is 22.6. The van der Waals surface area contributed by atoms with Crippen molar-refractivity contribution in [1.82, 2.24) is 24.8 Å². The van der Waals surface area contributed by atoms with Crippen molar-refractivity contribution in [3.63, 3.8) is 0 Å². The number of anilines is 4. The van der Waals surface area contributed by atoms with Crippen LogP contribution in [0.2, 0.25) is 0 Å². The summed E-state index contributed by atoms with van der Waals surface area (Å²) < 4.78 is 25.4. The minimum Gasteiger partial charge on any atom is -0.367 e. The first-order valence-corrected chi connectivity index (χ1v) is 12.1. The highest BCUT2D eigenvalue weighted by Gasteiger charge is 2.14. The molecule has 0 saturated heterocycles. The van der Waals surface area contributed by atoms with Crippen molar-refractivity contribution in [2.45, 2.75) is 39.8 Å². The maximum Gasteiger partial charge on any atom is 0.231 e. The topological polar surface area (TPSA) is 128 Å². The summed E-state index contributed by atoms with van der Waals surface area (Å²) in [5.41, 5.74) is 2.38. The van der Waals surface area contributed by atoms with Crippen LogP contribution in [0.25, 0.3) is 11.2 Å². The van der Waals surface area contributed by atoms with Crippen LogP contribution < -0.4 is 15.4 Å². The fourth-order valence-corrected chi connectivity index (χ4v) is 3.99. The Bertz CT molecular complexity index is 1120. The molecule has 0 aliphatic carbocycles. The predicted octanol–water partition coefficient (Wildman–Crippen LogP) is 3.00. The molecule has 1 aromatic carbocycles. The minimum atomic E-state index is -3.36. The molecule has 0 saturated carbocycles. The third-order valence-electron chi connectivity index (χ3n) is 4.70. The monoisotopic (exact) mass is 446 g/mol. The number of rotatable bonds is 10. The average Bonchev–Trinajstić information content (AvgIpc) is 3.12. The van der Waals surface area contributed by atoms with E-state index < -0.39 is 10.0 Å². The fourth-order valence-electron chi connectivity index (χ4n) is 3.44. The van der Waals surface area contributed by atoms with E-state index in [0.29, 0.717) is 47.4 Å². The van der Waals surface area contributed by atoms with E-state index >= 15 is 0 Å². The van der Waals surface area contributed by atoms with E-state index in [1.807, 2.05) is 6.07 Å². The van der Waals surface area contributed by atoms with Crippen LogP contribution in [-0.4, -0.2) is 64.7 Å². The number of nitrogens with zero attached hydrogens (tertiary/aromatic N) is 4. The highest BCUT2D eigenvalue weighted by molar-refractivity contribution is 7.92. The van der Waals surface area contributed by atoms with Gasteiger partial charge in [-0.15, -0.1) is 0 Å². The number of H-pyrrole nitrogens is 1. The van der Waals surface area contributed by atoms with Gasteiger partial charge >= 0.3 is 0 Å². The third-order valence-corrected chi connectivity index (χ3v) is 5.30. The molecule has 0 amide bonds. The summed E-state index contributed by atoms with van der Waals surface area (Å²) in [6.07, 6.45) is 2.69. The van der Waals surface area contributed by atoms with Crippen molar-refractivity contribution < 1.29 is 8.42 Å². The maximum absolute atomic E-state index is 11.5. The van der Waals surface area contributed by atoms with E-state index in [4.69, 9.17) is 0 Å². The van der Waals surface area contributed by atoms with Gasteiger partial charge in [0.05, 0.1) is 18.3 Å². The largest absolute Gasteiger partial charge is 0.367 e. The smallest absolute Gasteiger partial charge is 0.231 e. The van der Waals surface area contributed by atoms with E-state index in [1.54, 1.807) is 24.5 Å². The lowest BCUT2D eigenvalue weighted by molar-refractivity contribution is 0.182. The summed E-state index contributed by atoms with van der Waals surface area (Å²) in [5, 5.41) is 6.51. The van der Waals surface area contributed by atoms with Crippen LogP contribution in [0, 0.1) is 0 Å². The standard InChI is InChI=1S/C20H30N8O2S/c1-13(2)28(14(3)4)10-9-21-18-17-19(23-12-22-17)26-20(25-18)24-15-7-6-8-16(11-15)27-31(5,29)30/h6-8,11-14,27H,9-10H2,1-5H3,(H3,21,22,23,24,25,26). The Morgan fingerprint density at radius 2 is 1.81 bits per heavy atom. The van der Waals surface area contributed by atoms with Crippen LogP contribution in [0.15, 0.2) is 30.6 Å². The Morgan fingerprint density at radius 1 is 1.10 bits per heavy atom. The number of benzene rings is 1. The molecule has 11 heteroatoms. The number of hydrogen-bond donors (Lipinski definition) is 4. The Kier molecular flexibility index (Phi) is 6.96. The Hall–Kier alpha value is -2.92. The van der Waals surface area contributed by atoms with Crippen molar-refractivity contribution in [3.05, 3.63) is 30.6 Å². The lowest BCUT2D eigenvalue weighted by atomic mass is 10.2. The molecule has 0 aliphatic heterocycles. The SMILES string of the molecule is CC(C)N(CCNc1nc(Nc2cccc(NS(C)(=O)=O)c2)nc2nc[nH]c12)C(C)C. The molecule has 4 N–H and O–H groups in total. The molecule has 0 spiro atoms. The Morgan fingerprint density at radius 3 is 2.48 bits per heavy atom. The molecule has 3 rings (SSSR count). The van der Waals surface area contributed by atoms with Crippen LogP contribution in [0.4, 0.5) is 23.1 Å². The van der Waals surface area contributed by atoms with Crippen LogP contribution >= 0.6 is 0 Å². The van der Waals surface area contributed by atoms with Gasteiger partial charge in [0.15, 0.2) is 11.5 Å². The Balaban J connectivity index is 1.78. The number of nitrogens with one attached hydrogen (secondary N) is 4. The number of imidazole rings is 1. The molecule has 0 radical (unpaired) electrons. The van der Waals surface area contributed by atoms with Gasteiger partial charge in [-0.3, -0.25) is 9.62 Å². The fraction of sp³-hybridized carbons (Fsp3) is 0.450. The molecule has 0 fully saturated rings. The highest BCUT2D eigenvalue weighted by atomic mass is 32.2. The van der Waals surface area contributed by atoms with E-state index in [9.17, 15) is 8.42 Å². The summed E-state index contributed by atoms with van der Waals surface area (Å²) >= 11 is 0. The predicted molar refractivity (Wildman–Crippen MR) is 125 cm³/mol. The molecule has 168 valence electrons. The zero-order valence-electron chi connectivity index (χ0n) is 18.5. The van der Waals surface area contributed by atoms with Gasteiger partial charge in [-0.25, -0.2) is 13.4 Å². The van der Waals surface area contributed by atoms with Gasteiger partial charge in [-0.2, -0.15) is 9.97 Å². The van der Waals surface area contributed by atoms with Gasteiger partial charge < -0.3 is 15.6 Å². The lowest BCUT2D eigenvalue weighted by Crippen LogP contribution is -2.40. The van der Waals surface area contributed by atoms with Crippen molar-refractivity contribution in [3.8, 4) is 0 Å². The minimum absolute atomic E-state index is 0.364. The van der Waals surface area contributed by atoms with E-state index in [0.717, 1.165) is 18.3 Å². The number of sulfonamides is 1. The van der Waals surface area contributed by atoms with Gasteiger partial charge in [-0.1, -0.05) is 6.07 Å². The molecular formula is C20H30N8O2S. The molecule has 3 aromatic rings. The summed E-state index contributed by atoms with van der Waals surface area (Å²) in [5.74, 6) is 1.02. The van der Waals surface area contributed by atoms with E-state index in [1.165, 1.54) is 0 Å². The summed E-state index contributed by atoms with van der Waals surface area (Å²) in [6, 6.07) is 7.80. The van der Waals surface area contributed by atoms with Crippen LogP contribution in [-0.2, 0) is 10.0 Å². The Labute approximate surface area is 182 Å². The van der Waals surface area contributed by atoms with Gasteiger partial charge in [0.1, 0.15) is 5.52 Å². The summed E-state index contributed by atoms with van der Waals surface area (Å²) in [7, 11) is -3.36. The maximum atomic E-state index is 11.5. The summed E-state index contributed by atoms with van der Waals surface area (Å²) in [6.45, 7) is 10.3. The van der Waals surface area contributed by atoms with Crippen molar-refractivity contribution in [2.75, 3.05) is 34.7 Å². The zero-order valence-corrected chi connectivity index (χ0v) is 19.3. The van der Waals surface area contributed by atoms with E-state index in [2.05, 4.69) is 67.9 Å². The third kappa shape index (κ3) is 6.28. The average molecular weight is 447 g/mol. The first-order valence-electron chi connectivity index (χ1n) is 10.2. The molecule has 31 heavy (non-hydrogen) atoms.